The number of aliphatic hydroxyl groups excluding tert-OH is 1. The molecule has 0 radical (unpaired) electrons. The van der Waals surface area contributed by atoms with Gasteiger partial charge in [0.15, 0.2) is 12.0 Å². The van der Waals surface area contributed by atoms with E-state index in [4.69, 9.17) is 4.74 Å². The number of hydrogen-bond acceptors (Lipinski definition) is 3. The summed E-state index contributed by atoms with van der Waals surface area (Å²) >= 11 is 0. The average molecular weight is 567 g/mol. The van der Waals surface area contributed by atoms with Crippen LogP contribution in [0, 0.1) is 0 Å². The van der Waals surface area contributed by atoms with E-state index in [2.05, 4.69) is 0 Å². The first-order valence-corrected chi connectivity index (χ1v) is 11.7. The van der Waals surface area contributed by atoms with Crippen LogP contribution in [0.2, 0.25) is 0 Å². The van der Waals surface area contributed by atoms with Gasteiger partial charge in [0, 0.05) is 18.3 Å². The van der Waals surface area contributed by atoms with E-state index < -0.39 is 49.2 Å². The molecule has 3 aromatic carbocycles. The van der Waals surface area contributed by atoms with Gasteiger partial charge in [-0.2, -0.15) is 39.5 Å². The van der Waals surface area contributed by atoms with Crippen LogP contribution in [0.3, 0.4) is 0 Å². The fraction of sp³-hybridized carbons (Fsp3) is 0.333. The van der Waals surface area contributed by atoms with Crippen molar-refractivity contribution in [3.05, 3.63) is 90.0 Å². The van der Waals surface area contributed by atoms with Crippen molar-refractivity contribution in [1.29, 1.82) is 0 Å². The number of nitrogens with zero attached hydrogens (tertiary/aromatic N) is 1. The molecule has 0 saturated carbocycles. The smallest absolute Gasteiger partial charge is 0.416 e. The monoisotopic (exact) mass is 567 g/mol. The zero-order valence-electron chi connectivity index (χ0n) is 20.8. The summed E-state index contributed by atoms with van der Waals surface area (Å²) in [6.45, 7) is 2.43. The van der Waals surface area contributed by atoms with Gasteiger partial charge in [-0.05, 0) is 35.4 Å². The molecule has 0 aliphatic rings. The molecule has 1 atom stereocenters. The standard InChI is InChI=1S/C25H20F9NO2.C2H6/c26-23(27,28)21(36)15-35(18-8-5-11-20(13-18)37-19-9-2-1-3-10-19)14-16-6-4-7-17(12-16)22(24(29,30)31)25(32,33)34;1-2/h1-13,21-22,36H,14-15H2;1-2H3. The van der Waals surface area contributed by atoms with E-state index in [1.165, 1.54) is 30.3 Å². The molecule has 0 heterocycles. The lowest BCUT2D eigenvalue weighted by Gasteiger charge is -2.29. The Morgan fingerprint density at radius 1 is 0.692 bits per heavy atom. The molecule has 0 fully saturated rings. The summed E-state index contributed by atoms with van der Waals surface area (Å²) in [5.41, 5.74) is -1.14. The molecule has 214 valence electrons. The third-order valence-electron chi connectivity index (χ3n) is 5.25. The Labute approximate surface area is 219 Å². The van der Waals surface area contributed by atoms with Crippen LogP contribution < -0.4 is 9.64 Å². The highest BCUT2D eigenvalue weighted by atomic mass is 19.4. The second-order valence-electron chi connectivity index (χ2n) is 8.11. The largest absolute Gasteiger partial charge is 0.457 e. The van der Waals surface area contributed by atoms with Crippen molar-refractivity contribution < 1.29 is 49.4 Å². The molecule has 1 N–H and O–H groups in total. The number of halogens is 9. The Hall–Kier alpha value is -3.41. The average Bonchev–Trinajstić information content (AvgIpc) is 2.83. The molecule has 0 aliphatic heterocycles. The van der Waals surface area contributed by atoms with Crippen LogP contribution in [0.1, 0.15) is 30.9 Å². The van der Waals surface area contributed by atoms with Crippen LogP contribution in [0.25, 0.3) is 0 Å². The number of hydrogen-bond donors (Lipinski definition) is 1. The number of alkyl halides is 9. The fourth-order valence-electron chi connectivity index (χ4n) is 3.60. The van der Waals surface area contributed by atoms with Gasteiger partial charge in [-0.15, -0.1) is 0 Å². The van der Waals surface area contributed by atoms with Crippen LogP contribution in [-0.2, 0) is 6.54 Å². The Morgan fingerprint density at radius 2 is 1.26 bits per heavy atom. The van der Waals surface area contributed by atoms with Gasteiger partial charge in [-0.25, -0.2) is 0 Å². The summed E-state index contributed by atoms with van der Waals surface area (Å²) < 4.78 is 124. The van der Waals surface area contributed by atoms with Gasteiger partial charge in [0.1, 0.15) is 11.5 Å². The zero-order chi connectivity index (χ0) is 29.4. The summed E-state index contributed by atoms with van der Waals surface area (Å²) in [7, 11) is 0. The number of para-hydroxylation sites is 1. The molecule has 0 aliphatic carbocycles. The van der Waals surface area contributed by atoms with Gasteiger partial charge < -0.3 is 14.7 Å². The third kappa shape index (κ3) is 9.38. The second-order valence-corrected chi connectivity index (χ2v) is 8.11. The Kier molecular flexibility index (Phi) is 10.7. The van der Waals surface area contributed by atoms with Crippen LogP contribution in [0.5, 0.6) is 11.5 Å². The quantitative estimate of drug-likeness (QED) is 0.277. The van der Waals surface area contributed by atoms with Gasteiger partial charge in [0.05, 0.1) is 6.54 Å². The molecule has 0 saturated heterocycles. The lowest BCUT2D eigenvalue weighted by molar-refractivity contribution is -0.253. The first-order valence-electron chi connectivity index (χ1n) is 11.7. The summed E-state index contributed by atoms with van der Waals surface area (Å²) in [4.78, 5) is 0.991. The highest BCUT2D eigenvalue weighted by Gasteiger charge is 2.57. The van der Waals surface area contributed by atoms with Gasteiger partial charge >= 0.3 is 18.5 Å². The van der Waals surface area contributed by atoms with E-state index in [0.29, 0.717) is 17.9 Å². The van der Waals surface area contributed by atoms with Gasteiger partial charge in [0.2, 0.25) is 0 Å². The first kappa shape index (κ1) is 31.8. The Morgan fingerprint density at radius 3 is 1.82 bits per heavy atom. The predicted molar refractivity (Wildman–Crippen MR) is 129 cm³/mol. The minimum absolute atomic E-state index is 0.0883. The number of aliphatic hydroxyl groups is 1. The molecule has 0 bridgehead atoms. The minimum atomic E-state index is -5.63. The highest BCUT2D eigenvalue weighted by Crippen LogP contribution is 2.46. The molecule has 39 heavy (non-hydrogen) atoms. The molecule has 0 spiro atoms. The van der Waals surface area contributed by atoms with Crippen LogP contribution in [0.4, 0.5) is 45.2 Å². The van der Waals surface area contributed by atoms with E-state index >= 15 is 0 Å². The van der Waals surface area contributed by atoms with E-state index in [1.807, 2.05) is 13.8 Å². The first-order chi connectivity index (χ1) is 18.1. The highest BCUT2D eigenvalue weighted by molar-refractivity contribution is 5.52. The number of anilines is 1. The van der Waals surface area contributed by atoms with Crippen molar-refractivity contribution in [3.8, 4) is 11.5 Å². The normalized spacial score (nSPS) is 12.9. The van der Waals surface area contributed by atoms with Crippen molar-refractivity contribution in [3.63, 3.8) is 0 Å². The van der Waals surface area contributed by atoms with Crippen molar-refractivity contribution >= 4 is 5.69 Å². The summed E-state index contributed by atoms with van der Waals surface area (Å²) in [6.07, 6.45) is -19.1. The maximum Gasteiger partial charge on any atom is 0.416 e. The summed E-state index contributed by atoms with van der Waals surface area (Å²) in [5, 5.41) is 9.66. The molecule has 3 rings (SSSR count). The molecule has 3 aromatic rings. The van der Waals surface area contributed by atoms with E-state index in [-0.39, 0.29) is 17.0 Å². The topological polar surface area (TPSA) is 32.7 Å². The molecule has 3 nitrogen and oxygen atoms in total. The predicted octanol–water partition coefficient (Wildman–Crippen LogP) is 8.64. The van der Waals surface area contributed by atoms with Crippen molar-refractivity contribution in [1.82, 2.24) is 0 Å². The Bertz CT molecular complexity index is 1150. The number of benzene rings is 3. The van der Waals surface area contributed by atoms with E-state index in [9.17, 15) is 44.6 Å². The molecular weight excluding hydrogens is 541 g/mol. The molecule has 1 unspecified atom stereocenters. The Balaban J connectivity index is 0.00000260. The lowest BCUT2D eigenvalue weighted by Crippen LogP contribution is -2.41. The molecule has 0 aromatic heterocycles. The van der Waals surface area contributed by atoms with Crippen molar-refractivity contribution in [2.45, 2.75) is 50.9 Å². The summed E-state index contributed by atoms with van der Waals surface area (Å²) in [6, 6.07) is 17.5. The minimum Gasteiger partial charge on any atom is -0.457 e. The SMILES string of the molecule is CC.OC(CN(Cc1cccc(C(C(F)(F)F)C(F)(F)F)c1)c1cccc(Oc2ccccc2)c1)C(F)(F)F. The van der Waals surface area contributed by atoms with Gasteiger partial charge in [-0.3, -0.25) is 0 Å². The van der Waals surface area contributed by atoms with Gasteiger partial charge in [-0.1, -0.05) is 62.4 Å². The molecule has 0 amide bonds. The number of ether oxygens (including phenoxy) is 1. The number of rotatable bonds is 8. The van der Waals surface area contributed by atoms with Crippen molar-refractivity contribution in [2.24, 2.45) is 0 Å². The zero-order valence-corrected chi connectivity index (χ0v) is 20.8. The van der Waals surface area contributed by atoms with Crippen LogP contribution >= 0.6 is 0 Å². The maximum atomic E-state index is 13.2. The van der Waals surface area contributed by atoms with Gasteiger partial charge in [0.25, 0.3) is 0 Å². The third-order valence-corrected chi connectivity index (χ3v) is 5.25. The van der Waals surface area contributed by atoms with E-state index in [0.717, 1.165) is 11.0 Å². The fourth-order valence-corrected chi connectivity index (χ4v) is 3.60. The molecular formula is C27H26F9NO2. The second kappa shape index (κ2) is 13.1. The van der Waals surface area contributed by atoms with Crippen molar-refractivity contribution in [2.75, 3.05) is 11.4 Å². The van der Waals surface area contributed by atoms with Crippen LogP contribution in [-0.4, -0.2) is 36.3 Å². The summed E-state index contributed by atoms with van der Waals surface area (Å²) in [5.74, 6) is -3.14. The van der Waals surface area contributed by atoms with Crippen LogP contribution in [0.15, 0.2) is 78.9 Å². The molecule has 12 heteroatoms. The van der Waals surface area contributed by atoms with E-state index in [1.54, 1.807) is 30.3 Å². The maximum absolute atomic E-state index is 13.2. The lowest BCUT2D eigenvalue weighted by atomic mass is 9.96.